The third-order valence-corrected chi connectivity index (χ3v) is 2.10. The van der Waals surface area contributed by atoms with Gasteiger partial charge in [-0.3, -0.25) is 4.68 Å². The summed E-state index contributed by atoms with van der Waals surface area (Å²) in [5.41, 5.74) is -0.0200. The van der Waals surface area contributed by atoms with Gasteiger partial charge in [-0.2, -0.15) is 42.5 Å². The van der Waals surface area contributed by atoms with Crippen molar-refractivity contribution in [3.05, 3.63) is 53.9 Å². The van der Waals surface area contributed by atoms with Crippen LogP contribution >= 0.6 is 0 Å². The fourth-order valence-corrected chi connectivity index (χ4v) is 1.30. The first-order chi connectivity index (χ1) is 7.55. The van der Waals surface area contributed by atoms with Gasteiger partial charge in [-0.1, -0.05) is 5.56 Å². The Morgan fingerprint density at radius 1 is 1.29 bits per heavy atom. The molecule has 0 aliphatic heterocycles. The van der Waals surface area contributed by atoms with Gasteiger partial charge in [0.2, 0.25) is 0 Å². The number of hydrogen-bond donors (Lipinski definition) is 0. The predicted molar refractivity (Wildman–Crippen MR) is 51.6 cm³/mol. The second kappa shape index (κ2) is 5.47. The second-order valence-corrected chi connectivity index (χ2v) is 3.30. The minimum Gasteiger partial charge on any atom is -0.270 e. The fourth-order valence-electron chi connectivity index (χ4n) is 1.30. The third kappa shape index (κ3) is 3.68. The molecule has 0 unspecified atom stereocenters. The minimum absolute atomic E-state index is 0. The fraction of sp³-hybridized carbons (Fsp3) is 0.182. The first-order valence-corrected chi connectivity index (χ1v) is 4.61. The molecule has 0 bridgehead atoms. The van der Waals surface area contributed by atoms with Gasteiger partial charge < -0.3 is 0 Å². The van der Waals surface area contributed by atoms with Crippen molar-refractivity contribution in [3.63, 3.8) is 0 Å². The van der Waals surface area contributed by atoms with E-state index in [0.717, 1.165) is 12.1 Å². The van der Waals surface area contributed by atoms with E-state index in [1.54, 1.807) is 23.1 Å². The molecule has 17 heavy (non-hydrogen) atoms. The van der Waals surface area contributed by atoms with Crippen molar-refractivity contribution < 1.29 is 33.3 Å². The van der Waals surface area contributed by atoms with E-state index >= 15 is 0 Å². The van der Waals surface area contributed by atoms with Crippen LogP contribution in [0.2, 0.25) is 0 Å². The van der Waals surface area contributed by atoms with E-state index in [2.05, 4.69) is 11.2 Å². The largest absolute Gasteiger partial charge is 0.370 e. The molecule has 93 valence electrons. The molecule has 2 nitrogen and oxygen atoms in total. The number of halogens is 3. The molecule has 0 fully saturated rings. The van der Waals surface area contributed by atoms with Gasteiger partial charge in [-0.15, -0.1) is 5.56 Å². The molecule has 0 saturated heterocycles. The minimum atomic E-state index is -4.30. The Labute approximate surface area is 110 Å². The Bertz CT molecular complexity index is 449. The summed E-state index contributed by atoms with van der Waals surface area (Å²) in [7, 11) is 0. The van der Waals surface area contributed by atoms with E-state index in [1.165, 1.54) is 6.07 Å². The zero-order chi connectivity index (χ0) is 11.6. The van der Waals surface area contributed by atoms with E-state index < -0.39 is 11.7 Å². The van der Waals surface area contributed by atoms with E-state index in [0.29, 0.717) is 12.1 Å². The number of alkyl halides is 3. The van der Waals surface area contributed by atoms with E-state index in [-0.39, 0.29) is 20.1 Å². The Hall–Kier alpha value is -1.13. The molecule has 0 atom stereocenters. The van der Waals surface area contributed by atoms with Crippen LogP contribution in [0, 0.1) is 6.07 Å². The van der Waals surface area contributed by atoms with Crippen LogP contribution < -0.4 is 0 Å². The molecule has 2 aromatic rings. The molecular formula is C11H8F3IrN2-. The van der Waals surface area contributed by atoms with E-state index in [9.17, 15) is 13.2 Å². The summed E-state index contributed by atoms with van der Waals surface area (Å²) in [6, 6.07) is 7.77. The molecule has 1 heterocycles. The summed E-state index contributed by atoms with van der Waals surface area (Å²) in [4.78, 5) is 0. The van der Waals surface area contributed by atoms with Crippen molar-refractivity contribution >= 4 is 0 Å². The van der Waals surface area contributed by atoms with Crippen molar-refractivity contribution in [2.45, 2.75) is 12.7 Å². The molecule has 0 amide bonds. The summed E-state index contributed by atoms with van der Waals surface area (Å²) >= 11 is 0. The van der Waals surface area contributed by atoms with Crippen LogP contribution in [0.25, 0.3) is 0 Å². The average Bonchev–Trinajstić information content (AvgIpc) is 2.70. The van der Waals surface area contributed by atoms with E-state index in [1.807, 2.05) is 0 Å². The Morgan fingerprint density at radius 3 is 2.53 bits per heavy atom. The first kappa shape index (κ1) is 13.9. The van der Waals surface area contributed by atoms with Crippen LogP contribution in [0.3, 0.4) is 0 Å². The molecule has 2 rings (SSSR count). The molecule has 0 saturated carbocycles. The summed E-state index contributed by atoms with van der Waals surface area (Å²) < 4.78 is 38.4. The smallest absolute Gasteiger partial charge is 0.270 e. The second-order valence-electron chi connectivity index (χ2n) is 3.30. The van der Waals surface area contributed by atoms with Crippen LogP contribution in [0.5, 0.6) is 0 Å². The number of rotatable bonds is 2. The maximum Gasteiger partial charge on any atom is 0.370 e. The van der Waals surface area contributed by atoms with Gasteiger partial charge >= 0.3 is 6.18 Å². The van der Waals surface area contributed by atoms with Crippen molar-refractivity contribution in [2.75, 3.05) is 0 Å². The van der Waals surface area contributed by atoms with Gasteiger partial charge in [-0.05, 0) is 6.07 Å². The number of aromatic nitrogens is 2. The summed E-state index contributed by atoms with van der Waals surface area (Å²) in [5, 5.41) is 3.96. The SMILES string of the molecule is FC(F)(F)c1c[c-]c(Cn2cccn2)cc1.[Ir]. The molecule has 1 radical (unpaired) electrons. The maximum absolute atomic E-state index is 12.3. The molecule has 1 aromatic carbocycles. The molecular weight excluding hydrogens is 409 g/mol. The Balaban J connectivity index is 0.00000144. The number of nitrogens with zero attached hydrogens (tertiary/aromatic N) is 2. The van der Waals surface area contributed by atoms with Gasteiger partial charge in [0, 0.05) is 39.0 Å². The zero-order valence-electron chi connectivity index (χ0n) is 8.53. The molecule has 0 spiro atoms. The van der Waals surface area contributed by atoms with Crippen molar-refractivity contribution in [1.82, 2.24) is 9.78 Å². The normalized spacial score (nSPS) is 11.0. The third-order valence-electron chi connectivity index (χ3n) is 2.10. The predicted octanol–water partition coefficient (Wildman–Crippen LogP) is 2.75. The van der Waals surface area contributed by atoms with Crippen molar-refractivity contribution in [1.29, 1.82) is 0 Å². The number of hydrogen-bond acceptors (Lipinski definition) is 1. The van der Waals surface area contributed by atoms with E-state index in [4.69, 9.17) is 0 Å². The van der Waals surface area contributed by atoms with Crippen LogP contribution in [-0.2, 0) is 32.8 Å². The average molecular weight is 417 g/mol. The zero-order valence-corrected chi connectivity index (χ0v) is 10.9. The molecule has 6 heteroatoms. The van der Waals surface area contributed by atoms with Gasteiger partial charge in [0.1, 0.15) is 0 Å². The monoisotopic (exact) mass is 418 g/mol. The van der Waals surface area contributed by atoms with Gasteiger partial charge in [0.25, 0.3) is 0 Å². The molecule has 0 aliphatic rings. The molecule has 1 aromatic heterocycles. The van der Waals surface area contributed by atoms with Crippen LogP contribution in [0.4, 0.5) is 13.2 Å². The topological polar surface area (TPSA) is 17.8 Å². The Morgan fingerprint density at radius 2 is 2.06 bits per heavy atom. The van der Waals surface area contributed by atoms with Crippen molar-refractivity contribution in [2.24, 2.45) is 0 Å². The Kier molecular flexibility index (Phi) is 4.48. The summed E-state index contributed by atoms with van der Waals surface area (Å²) in [5.74, 6) is 0. The quantitative estimate of drug-likeness (QED) is 0.688. The van der Waals surface area contributed by atoms with Crippen LogP contribution in [-0.4, -0.2) is 9.78 Å². The summed E-state index contributed by atoms with van der Waals surface area (Å²) in [6.07, 6.45) is -0.948. The van der Waals surface area contributed by atoms with Crippen molar-refractivity contribution in [3.8, 4) is 0 Å². The summed E-state index contributed by atoms with van der Waals surface area (Å²) in [6.45, 7) is 0.422. The van der Waals surface area contributed by atoms with Gasteiger partial charge in [0.15, 0.2) is 0 Å². The van der Waals surface area contributed by atoms with Crippen LogP contribution in [0.15, 0.2) is 36.7 Å². The standard InChI is InChI=1S/C11H8F3N2.Ir/c12-11(13,14)10-4-2-9(3-5-10)8-16-7-1-6-15-16;/h1-2,4-7H,8H2;/q-1;. The maximum atomic E-state index is 12.3. The molecule has 0 aliphatic carbocycles. The number of benzene rings is 1. The molecule has 0 N–H and O–H groups in total. The van der Waals surface area contributed by atoms with Gasteiger partial charge in [-0.25, -0.2) is 0 Å². The first-order valence-electron chi connectivity index (χ1n) is 4.61. The van der Waals surface area contributed by atoms with Gasteiger partial charge in [0.05, 0.1) is 0 Å². The van der Waals surface area contributed by atoms with Crippen LogP contribution in [0.1, 0.15) is 11.1 Å².